The lowest BCUT2D eigenvalue weighted by molar-refractivity contribution is -0.124. The smallest absolute Gasteiger partial charge is 0.269 e. The van der Waals surface area contributed by atoms with Crippen molar-refractivity contribution < 1.29 is 14.4 Å². The normalized spacial score (nSPS) is 19.1. The number of nitrogens with zero attached hydrogens (tertiary/aromatic N) is 2. The van der Waals surface area contributed by atoms with Gasteiger partial charge in [-0.05, 0) is 67.8 Å². The lowest BCUT2D eigenvalue weighted by Gasteiger charge is -2.33. The van der Waals surface area contributed by atoms with Crippen LogP contribution in [0.1, 0.15) is 22.3 Å². The first-order valence-electron chi connectivity index (χ1n) is 11.1. The average molecular weight is 472 g/mol. The van der Waals surface area contributed by atoms with Crippen molar-refractivity contribution in [2.24, 2.45) is 0 Å². The maximum Gasteiger partial charge on any atom is 0.269 e. The summed E-state index contributed by atoms with van der Waals surface area (Å²) in [4.78, 5) is 42.0. The van der Waals surface area contributed by atoms with E-state index in [9.17, 15) is 14.4 Å². The summed E-state index contributed by atoms with van der Waals surface area (Å²) >= 11 is 1.31. The fraction of sp³-hybridized carbons (Fsp3) is 0.222. The molecule has 3 amide bonds. The Kier molecular flexibility index (Phi) is 5.44. The van der Waals surface area contributed by atoms with E-state index in [-0.39, 0.29) is 30.0 Å². The fourth-order valence-corrected chi connectivity index (χ4v) is 6.00. The Labute approximate surface area is 202 Å². The predicted octanol–water partition coefficient (Wildman–Crippen LogP) is 4.53. The number of benzene rings is 3. The molecule has 7 heteroatoms. The van der Waals surface area contributed by atoms with E-state index in [1.165, 1.54) is 16.7 Å². The van der Waals surface area contributed by atoms with E-state index in [1.807, 2.05) is 87.5 Å². The highest BCUT2D eigenvalue weighted by molar-refractivity contribution is 8.02. The van der Waals surface area contributed by atoms with E-state index in [0.29, 0.717) is 17.1 Å². The molecule has 1 spiro atoms. The summed E-state index contributed by atoms with van der Waals surface area (Å²) in [5.74, 6) is -0.501. The van der Waals surface area contributed by atoms with Crippen LogP contribution in [0.3, 0.4) is 0 Å². The Morgan fingerprint density at radius 1 is 0.971 bits per heavy atom. The first-order valence-corrected chi connectivity index (χ1v) is 12.1. The highest BCUT2D eigenvalue weighted by atomic mass is 32.2. The van der Waals surface area contributed by atoms with E-state index in [4.69, 9.17) is 0 Å². The predicted molar refractivity (Wildman–Crippen MR) is 136 cm³/mol. The molecule has 0 unspecified atom stereocenters. The van der Waals surface area contributed by atoms with Gasteiger partial charge in [0.25, 0.3) is 5.91 Å². The van der Waals surface area contributed by atoms with Crippen molar-refractivity contribution in [3.8, 4) is 0 Å². The highest BCUT2D eigenvalue weighted by Gasteiger charge is 2.61. The first-order chi connectivity index (χ1) is 16.3. The monoisotopic (exact) mass is 471 g/mol. The molecule has 1 saturated heterocycles. The number of carbonyl (C=O) groups excluding carboxylic acids is 3. The van der Waals surface area contributed by atoms with Gasteiger partial charge in [-0.3, -0.25) is 24.2 Å². The summed E-state index contributed by atoms with van der Waals surface area (Å²) < 4.78 is 0. The molecule has 0 aliphatic carbocycles. The SMILES string of the molecule is Cc1cccc(NC(=O)CN2C(=O)[C@]3(SCC(=O)N3c3ccc(C)c(C)c3)c3ccccc32)c1. The molecular formula is C27H25N3O3S. The lowest BCUT2D eigenvalue weighted by Crippen LogP contribution is -2.50. The Morgan fingerprint density at radius 3 is 2.53 bits per heavy atom. The molecule has 1 atom stereocenters. The quantitative estimate of drug-likeness (QED) is 0.607. The van der Waals surface area contributed by atoms with Gasteiger partial charge in [0.15, 0.2) is 0 Å². The van der Waals surface area contributed by atoms with Crippen molar-refractivity contribution in [2.75, 3.05) is 27.4 Å². The molecule has 2 aliphatic rings. The summed E-state index contributed by atoms with van der Waals surface area (Å²) in [6.45, 7) is 5.82. The molecule has 34 heavy (non-hydrogen) atoms. The number of fused-ring (bicyclic) bond motifs is 2. The van der Waals surface area contributed by atoms with Gasteiger partial charge in [0.05, 0.1) is 11.4 Å². The number of carbonyl (C=O) groups is 3. The summed E-state index contributed by atoms with van der Waals surface area (Å²) in [5.41, 5.74) is 5.95. The molecule has 0 aromatic heterocycles. The molecule has 5 rings (SSSR count). The second-order valence-electron chi connectivity index (χ2n) is 8.76. The lowest BCUT2D eigenvalue weighted by atomic mass is 10.0. The number of nitrogens with one attached hydrogen (secondary N) is 1. The Bertz CT molecular complexity index is 1340. The van der Waals surface area contributed by atoms with Crippen LogP contribution in [0.25, 0.3) is 0 Å². The minimum Gasteiger partial charge on any atom is -0.325 e. The van der Waals surface area contributed by atoms with Crippen molar-refractivity contribution in [2.45, 2.75) is 25.6 Å². The van der Waals surface area contributed by atoms with Crippen LogP contribution in [0, 0.1) is 20.8 Å². The van der Waals surface area contributed by atoms with E-state index < -0.39 is 4.87 Å². The second kappa shape index (κ2) is 8.33. The van der Waals surface area contributed by atoms with E-state index in [1.54, 1.807) is 4.90 Å². The van der Waals surface area contributed by atoms with Crippen molar-refractivity contribution in [3.05, 3.63) is 89.0 Å². The third kappa shape index (κ3) is 3.47. The molecule has 3 aromatic rings. The Balaban J connectivity index is 1.53. The fourth-order valence-electron chi connectivity index (χ4n) is 4.64. The molecule has 1 fully saturated rings. The molecule has 1 N–H and O–H groups in total. The Morgan fingerprint density at radius 2 is 1.76 bits per heavy atom. The largest absolute Gasteiger partial charge is 0.325 e. The zero-order chi connectivity index (χ0) is 24.0. The van der Waals surface area contributed by atoms with Crippen LogP contribution in [-0.4, -0.2) is 30.0 Å². The zero-order valence-electron chi connectivity index (χ0n) is 19.3. The molecule has 2 aliphatic heterocycles. The first kappa shape index (κ1) is 22.2. The molecular weight excluding hydrogens is 446 g/mol. The maximum atomic E-state index is 14.0. The van der Waals surface area contributed by atoms with Gasteiger partial charge in [0.1, 0.15) is 6.54 Å². The third-order valence-corrected chi connectivity index (χ3v) is 7.80. The van der Waals surface area contributed by atoms with Crippen LogP contribution in [0.2, 0.25) is 0 Å². The van der Waals surface area contributed by atoms with Gasteiger partial charge in [-0.1, -0.05) is 36.4 Å². The summed E-state index contributed by atoms with van der Waals surface area (Å²) in [6.07, 6.45) is 0. The summed E-state index contributed by atoms with van der Waals surface area (Å²) in [7, 11) is 0. The van der Waals surface area contributed by atoms with Gasteiger partial charge in [0.2, 0.25) is 16.7 Å². The van der Waals surface area contributed by atoms with Crippen LogP contribution < -0.4 is 15.1 Å². The topological polar surface area (TPSA) is 69.7 Å². The van der Waals surface area contributed by atoms with Crippen LogP contribution in [0.5, 0.6) is 0 Å². The molecule has 3 aromatic carbocycles. The molecule has 6 nitrogen and oxygen atoms in total. The summed E-state index contributed by atoms with van der Waals surface area (Å²) in [5, 5.41) is 2.89. The van der Waals surface area contributed by atoms with Gasteiger partial charge >= 0.3 is 0 Å². The number of thioether (sulfide) groups is 1. The van der Waals surface area contributed by atoms with E-state index in [0.717, 1.165) is 22.3 Å². The number of hydrogen-bond donors (Lipinski definition) is 1. The van der Waals surface area contributed by atoms with Crippen LogP contribution in [0.15, 0.2) is 66.7 Å². The second-order valence-corrected chi connectivity index (χ2v) is 9.92. The van der Waals surface area contributed by atoms with Crippen LogP contribution >= 0.6 is 11.8 Å². The van der Waals surface area contributed by atoms with Gasteiger partial charge < -0.3 is 5.32 Å². The minimum atomic E-state index is -1.22. The molecule has 0 radical (unpaired) electrons. The van der Waals surface area contributed by atoms with Crippen molar-refractivity contribution >= 4 is 46.5 Å². The molecule has 0 bridgehead atoms. The summed E-state index contributed by atoms with van der Waals surface area (Å²) in [6, 6.07) is 20.8. The number of amides is 3. The number of anilines is 3. The van der Waals surface area contributed by atoms with Crippen molar-refractivity contribution in [1.29, 1.82) is 0 Å². The molecule has 172 valence electrons. The number of hydrogen-bond acceptors (Lipinski definition) is 4. The number of rotatable bonds is 4. The van der Waals surface area contributed by atoms with E-state index >= 15 is 0 Å². The third-order valence-electron chi connectivity index (χ3n) is 6.42. The van der Waals surface area contributed by atoms with Gasteiger partial charge in [-0.25, -0.2) is 0 Å². The van der Waals surface area contributed by atoms with E-state index in [2.05, 4.69) is 5.32 Å². The minimum absolute atomic E-state index is 0.123. The van der Waals surface area contributed by atoms with Crippen LogP contribution in [-0.2, 0) is 19.3 Å². The average Bonchev–Trinajstić information content (AvgIpc) is 3.27. The van der Waals surface area contributed by atoms with Gasteiger partial charge in [-0.15, -0.1) is 11.8 Å². The maximum absolute atomic E-state index is 14.0. The molecule has 0 saturated carbocycles. The number of para-hydroxylation sites is 1. The number of aryl methyl sites for hydroxylation is 3. The van der Waals surface area contributed by atoms with Crippen LogP contribution in [0.4, 0.5) is 17.1 Å². The van der Waals surface area contributed by atoms with Crippen molar-refractivity contribution in [3.63, 3.8) is 0 Å². The van der Waals surface area contributed by atoms with Gasteiger partial charge in [-0.2, -0.15) is 0 Å². The van der Waals surface area contributed by atoms with Gasteiger partial charge in [0, 0.05) is 16.9 Å². The zero-order valence-corrected chi connectivity index (χ0v) is 20.1. The van der Waals surface area contributed by atoms with Crippen molar-refractivity contribution in [1.82, 2.24) is 0 Å². The highest BCUT2D eigenvalue weighted by Crippen LogP contribution is 2.55. The molecule has 2 heterocycles. The standard InChI is InChI=1S/C27H25N3O3S/c1-17-7-6-8-20(13-17)28-24(31)15-29-23-10-5-4-9-22(23)27(26(29)33)30(25(32)16-34-27)21-12-11-18(2)19(3)14-21/h4-14H,15-16H2,1-3H3,(H,28,31)/t27-/m1/s1. The Hall–Kier alpha value is -3.58.